The highest BCUT2D eigenvalue weighted by molar-refractivity contribution is 5.82. The smallest absolute Gasteiger partial charge is 0.252 e. The van der Waals surface area contributed by atoms with Gasteiger partial charge in [0.1, 0.15) is 24.1 Å². The van der Waals surface area contributed by atoms with E-state index >= 15 is 0 Å². The molecule has 4 atom stereocenters. The van der Waals surface area contributed by atoms with Crippen LogP contribution in [0.4, 0.5) is 5.82 Å². The van der Waals surface area contributed by atoms with Crippen molar-refractivity contribution < 1.29 is 19.7 Å². The van der Waals surface area contributed by atoms with Gasteiger partial charge in [-0.3, -0.25) is 9.36 Å². The molecular weight excluding hydrogens is 340 g/mol. The van der Waals surface area contributed by atoms with Crippen molar-refractivity contribution >= 4 is 22.9 Å². The monoisotopic (exact) mass is 364 g/mol. The number of aliphatic hydroxyl groups is 2. The largest absolute Gasteiger partial charge is 0.387 e. The molecule has 5 N–H and O–H groups in total. The van der Waals surface area contributed by atoms with Crippen molar-refractivity contribution in [2.24, 2.45) is 0 Å². The predicted octanol–water partition coefficient (Wildman–Crippen LogP) is -0.276. The molecule has 1 amide bonds. The zero-order valence-corrected chi connectivity index (χ0v) is 14.6. The van der Waals surface area contributed by atoms with Crippen molar-refractivity contribution in [2.75, 3.05) is 12.3 Å². The van der Waals surface area contributed by atoms with E-state index in [4.69, 9.17) is 10.5 Å². The molecule has 0 saturated carbocycles. The zero-order valence-electron chi connectivity index (χ0n) is 14.6. The summed E-state index contributed by atoms with van der Waals surface area (Å²) in [4.78, 5) is 24.3. The van der Waals surface area contributed by atoms with E-state index in [0.29, 0.717) is 17.7 Å². The number of carbonyl (C=O) groups is 1. The summed E-state index contributed by atoms with van der Waals surface area (Å²) in [7, 11) is 0. The van der Waals surface area contributed by atoms with Gasteiger partial charge in [0.2, 0.25) is 0 Å². The minimum absolute atomic E-state index is 0.197. The molecule has 0 radical (unpaired) electrons. The number of unbranched alkanes of at least 4 members (excludes halogenated alkanes) is 3. The molecule has 1 aliphatic heterocycles. The van der Waals surface area contributed by atoms with Crippen molar-refractivity contribution in [3.63, 3.8) is 0 Å². The average Bonchev–Trinajstić information content (AvgIpc) is 3.18. The maximum Gasteiger partial charge on any atom is 0.252 e. The lowest BCUT2D eigenvalue weighted by molar-refractivity contribution is -0.137. The molecule has 0 unspecified atom stereocenters. The number of amides is 1. The lowest BCUT2D eigenvalue weighted by atomic mass is 10.1. The van der Waals surface area contributed by atoms with E-state index in [9.17, 15) is 15.0 Å². The number of hydrogen-bond donors (Lipinski definition) is 4. The molecule has 2 aromatic rings. The Labute approximate surface area is 150 Å². The summed E-state index contributed by atoms with van der Waals surface area (Å²) in [5, 5.41) is 23.3. The summed E-state index contributed by atoms with van der Waals surface area (Å²) in [6.45, 7) is 2.62. The molecule has 1 saturated heterocycles. The van der Waals surface area contributed by atoms with Gasteiger partial charge in [-0.25, -0.2) is 15.0 Å². The molecule has 0 spiro atoms. The maximum atomic E-state index is 12.3. The van der Waals surface area contributed by atoms with Gasteiger partial charge in [0.15, 0.2) is 23.8 Å². The minimum atomic E-state index is -1.35. The molecule has 1 fully saturated rings. The number of ether oxygens (including phenoxy) is 1. The molecule has 3 heterocycles. The van der Waals surface area contributed by atoms with E-state index in [2.05, 4.69) is 27.2 Å². The summed E-state index contributed by atoms with van der Waals surface area (Å²) < 4.78 is 7.07. The number of nitrogen functional groups attached to an aromatic ring is 1. The van der Waals surface area contributed by atoms with Gasteiger partial charge in [0, 0.05) is 6.54 Å². The van der Waals surface area contributed by atoms with Gasteiger partial charge in [-0.1, -0.05) is 26.2 Å². The molecule has 0 aliphatic carbocycles. The van der Waals surface area contributed by atoms with E-state index in [-0.39, 0.29) is 5.82 Å². The molecule has 2 aromatic heterocycles. The number of anilines is 1. The van der Waals surface area contributed by atoms with Gasteiger partial charge in [-0.15, -0.1) is 0 Å². The van der Waals surface area contributed by atoms with Crippen LogP contribution < -0.4 is 11.1 Å². The normalized spacial score (nSPS) is 25.7. The summed E-state index contributed by atoms with van der Waals surface area (Å²) >= 11 is 0. The van der Waals surface area contributed by atoms with Crippen LogP contribution in [0.25, 0.3) is 11.2 Å². The number of nitrogens with zero attached hydrogens (tertiary/aromatic N) is 4. The van der Waals surface area contributed by atoms with Gasteiger partial charge >= 0.3 is 0 Å². The predicted molar refractivity (Wildman–Crippen MR) is 92.8 cm³/mol. The van der Waals surface area contributed by atoms with Gasteiger partial charge in [-0.05, 0) is 6.42 Å². The van der Waals surface area contributed by atoms with E-state index < -0.39 is 30.4 Å². The van der Waals surface area contributed by atoms with Gasteiger partial charge < -0.3 is 26.0 Å². The summed E-state index contributed by atoms with van der Waals surface area (Å²) in [5.41, 5.74) is 6.47. The third kappa shape index (κ3) is 3.48. The second kappa shape index (κ2) is 7.94. The molecule has 3 rings (SSSR count). The van der Waals surface area contributed by atoms with Crippen molar-refractivity contribution in [3.05, 3.63) is 12.7 Å². The van der Waals surface area contributed by atoms with Gasteiger partial charge in [0.05, 0.1) is 6.33 Å². The van der Waals surface area contributed by atoms with E-state index in [1.807, 2.05) is 0 Å². The molecular formula is C16H24N6O4. The first kappa shape index (κ1) is 18.5. The number of fused-ring (bicyclic) bond motifs is 1. The number of aromatic nitrogens is 4. The maximum absolute atomic E-state index is 12.3. The highest BCUT2D eigenvalue weighted by atomic mass is 16.6. The highest BCUT2D eigenvalue weighted by Gasteiger charge is 2.47. The van der Waals surface area contributed by atoms with Crippen LogP contribution in [0.15, 0.2) is 12.7 Å². The zero-order chi connectivity index (χ0) is 18.7. The number of rotatable bonds is 7. The number of hydrogen-bond acceptors (Lipinski definition) is 8. The van der Waals surface area contributed by atoms with Crippen molar-refractivity contribution in [1.29, 1.82) is 0 Å². The third-order valence-corrected chi connectivity index (χ3v) is 4.49. The molecule has 142 valence electrons. The number of aliphatic hydroxyl groups excluding tert-OH is 2. The van der Waals surface area contributed by atoms with E-state index in [0.717, 1.165) is 25.7 Å². The molecule has 1 aliphatic rings. The number of nitrogens with one attached hydrogen (secondary N) is 1. The van der Waals surface area contributed by atoms with Crippen molar-refractivity contribution in [2.45, 2.75) is 57.1 Å². The van der Waals surface area contributed by atoms with Crippen LogP contribution >= 0.6 is 0 Å². The van der Waals surface area contributed by atoms with Gasteiger partial charge in [0.25, 0.3) is 5.91 Å². The molecule has 10 nitrogen and oxygen atoms in total. The fraction of sp³-hybridized carbons (Fsp3) is 0.625. The Kier molecular flexibility index (Phi) is 5.64. The Hall–Kier alpha value is -2.30. The Morgan fingerprint density at radius 2 is 2.08 bits per heavy atom. The number of carbonyl (C=O) groups excluding carboxylic acids is 1. The van der Waals surface area contributed by atoms with E-state index in [1.165, 1.54) is 17.2 Å². The first-order chi connectivity index (χ1) is 12.5. The van der Waals surface area contributed by atoms with Crippen LogP contribution in [0.5, 0.6) is 0 Å². The molecule has 0 bridgehead atoms. The van der Waals surface area contributed by atoms with Crippen molar-refractivity contribution in [1.82, 2.24) is 24.8 Å². The Bertz CT molecular complexity index is 766. The average molecular weight is 364 g/mol. The Balaban J connectivity index is 1.69. The highest BCUT2D eigenvalue weighted by Crippen LogP contribution is 2.32. The summed E-state index contributed by atoms with van der Waals surface area (Å²) in [6.07, 6.45) is 1.94. The lowest BCUT2D eigenvalue weighted by Gasteiger charge is -2.16. The first-order valence-corrected chi connectivity index (χ1v) is 8.77. The fourth-order valence-corrected chi connectivity index (χ4v) is 3.03. The molecule has 26 heavy (non-hydrogen) atoms. The van der Waals surface area contributed by atoms with Crippen molar-refractivity contribution in [3.8, 4) is 0 Å². The van der Waals surface area contributed by atoms with Crippen LogP contribution in [-0.4, -0.2) is 60.5 Å². The topological polar surface area (TPSA) is 148 Å². The Morgan fingerprint density at radius 3 is 2.85 bits per heavy atom. The van der Waals surface area contributed by atoms with Crippen LogP contribution in [0.2, 0.25) is 0 Å². The quantitative estimate of drug-likeness (QED) is 0.490. The minimum Gasteiger partial charge on any atom is -0.387 e. The summed E-state index contributed by atoms with van der Waals surface area (Å²) in [5.74, 6) is -0.253. The number of nitrogens with two attached hydrogens (primary N) is 1. The van der Waals surface area contributed by atoms with Gasteiger partial charge in [-0.2, -0.15) is 0 Å². The second-order valence-corrected chi connectivity index (χ2v) is 6.36. The molecule has 0 aromatic carbocycles. The SMILES string of the molecule is CCCCCCNC(=O)[C@H]1O[C@@H](n2cnc3c(N)ncnc32)[C@H](O)[C@@H]1O. The van der Waals surface area contributed by atoms with Crippen LogP contribution in [-0.2, 0) is 9.53 Å². The van der Waals surface area contributed by atoms with Crippen LogP contribution in [0.3, 0.4) is 0 Å². The molecule has 10 heteroatoms. The third-order valence-electron chi connectivity index (χ3n) is 4.49. The number of imidazole rings is 1. The second-order valence-electron chi connectivity index (χ2n) is 6.36. The van der Waals surface area contributed by atoms with Crippen LogP contribution in [0.1, 0.15) is 38.8 Å². The lowest BCUT2D eigenvalue weighted by Crippen LogP contribution is -2.43. The first-order valence-electron chi connectivity index (χ1n) is 8.77. The fourth-order valence-electron chi connectivity index (χ4n) is 3.03. The van der Waals surface area contributed by atoms with E-state index in [1.54, 1.807) is 0 Å². The Morgan fingerprint density at radius 1 is 1.27 bits per heavy atom. The van der Waals surface area contributed by atoms with Crippen LogP contribution in [0, 0.1) is 0 Å². The standard InChI is InChI=1S/C16H24N6O4/c1-2-3-4-5-6-18-15(25)12-10(23)11(24)16(26-12)22-8-21-9-13(17)19-7-20-14(9)22/h7-8,10-12,16,23-24H,2-6H2,1H3,(H,18,25)(H2,17,19,20)/t10-,11+,12-,16+/m0/s1. The summed E-state index contributed by atoms with van der Waals surface area (Å²) in [6, 6.07) is 0.